The Hall–Kier alpha value is -2.94. The van der Waals surface area contributed by atoms with Gasteiger partial charge in [-0.1, -0.05) is 13.0 Å². The van der Waals surface area contributed by atoms with Crippen LogP contribution < -0.4 is 10.5 Å². The van der Waals surface area contributed by atoms with Gasteiger partial charge in [-0.05, 0) is 43.5 Å². The Balaban J connectivity index is 2.75. The maximum absolute atomic E-state index is 12.7. The summed E-state index contributed by atoms with van der Waals surface area (Å²) < 4.78 is 16.2. The summed E-state index contributed by atoms with van der Waals surface area (Å²) in [6.07, 6.45) is 0.457. The van der Waals surface area contributed by atoms with Crippen molar-refractivity contribution in [2.24, 2.45) is 5.73 Å². The van der Waals surface area contributed by atoms with Crippen LogP contribution >= 0.6 is 0 Å². The van der Waals surface area contributed by atoms with Crippen molar-refractivity contribution in [2.75, 3.05) is 13.7 Å². The van der Waals surface area contributed by atoms with E-state index in [1.165, 1.54) is 0 Å². The van der Waals surface area contributed by atoms with Gasteiger partial charge in [0, 0.05) is 6.42 Å². The van der Waals surface area contributed by atoms with Gasteiger partial charge in [-0.25, -0.2) is 4.79 Å². The molecule has 6 heteroatoms. The highest BCUT2D eigenvalue weighted by molar-refractivity contribution is 5.92. The van der Waals surface area contributed by atoms with Crippen LogP contribution in [0.2, 0.25) is 0 Å². The fourth-order valence-corrected chi connectivity index (χ4v) is 3.17. The molecule has 0 saturated heterocycles. The first-order valence-corrected chi connectivity index (χ1v) is 8.52. The number of esters is 1. The number of carbonyl (C=O) groups excluding carboxylic acids is 1. The third-order valence-electron chi connectivity index (χ3n) is 4.62. The quantitative estimate of drug-likeness (QED) is 0.813. The SMILES string of the molecule is CCOC(=O)C1=C(CC)OC(N)=C(C#N)[C@@H]1c1ccc(OC)c(C)c1C. The molecule has 0 fully saturated rings. The number of allylic oxidation sites excluding steroid dienone is 2. The standard InChI is InChI=1S/C20H24N2O4/c1-6-15-18(20(23)25-7-2)17(14(10-21)19(22)26-15)13-8-9-16(24-5)12(4)11(13)3/h8-9,17H,6-7,22H2,1-5H3/t17-/m0/s1. The zero-order valence-corrected chi connectivity index (χ0v) is 15.8. The molecule has 0 saturated carbocycles. The van der Waals surface area contributed by atoms with Gasteiger partial charge in [0.25, 0.3) is 0 Å². The first-order valence-electron chi connectivity index (χ1n) is 8.52. The van der Waals surface area contributed by atoms with Crippen LogP contribution in [0, 0.1) is 25.2 Å². The van der Waals surface area contributed by atoms with E-state index in [4.69, 9.17) is 19.9 Å². The number of hydrogen-bond acceptors (Lipinski definition) is 6. The molecule has 1 aromatic rings. The van der Waals surface area contributed by atoms with E-state index in [9.17, 15) is 10.1 Å². The van der Waals surface area contributed by atoms with E-state index in [-0.39, 0.29) is 18.1 Å². The summed E-state index contributed by atoms with van der Waals surface area (Å²) in [5.74, 6) is 0.0639. The monoisotopic (exact) mass is 356 g/mol. The van der Waals surface area contributed by atoms with E-state index < -0.39 is 11.9 Å². The number of nitriles is 1. The van der Waals surface area contributed by atoms with Crippen LogP contribution in [0.1, 0.15) is 42.9 Å². The molecule has 138 valence electrons. The van der Waals surface area contributed by atoms with Crippen LogP contribution in [0.5, 0.6) is 5.75 Å². The molecule has 0 aromatic heterocycles. The third-order valence-corrected chi connectivity index (χ3v) is 4.62. The largest absolute Gasteiger partial charge is 0.496 e. The van der Waals surface area contributed by atoms with Gasteiger partial charge in [-0.3, -0.25) is 0 Å². The number of benzene rings is 1. The smallest absolute Gasteiger partial charge is 0.338 e. The minimum absolute atomic E-state index is 0.0234. The molecule has 0 radical (unpaired) electrons. The third kappa shape index (κ3) is 3.25. The van der Waals surface area contributed by atoms with Crippen molar-refractivity contribution in [1.82, 2.24) is 0 Å². The van der Waals surface area contributed by atoms with Crippen LogP contribution in [0.15, 0.2) is 34.9 Å². The van der Waals surface area contributed by atoms with Gasteiger partial charge < -0.3 is 19.9 Å². The first-order chi connectivity index (χ1) is 12.4. The van der Waals surface area contributed by atoms with E-state index in [0.717, 1.165) is 22.4 Å². The van der Waals surface area contributed by atoms with Crippen LogP contribution in [0.25, 0.3) is 0 Å². The van der Waals surface area contributed by atoms with Crippen molar-refractivity contribution < 1.29 is 19.0 Å². The second-order valence-corrected chi connectivity index (χ2v) is 5.94. The van der Waals surface area contributed by atoms with Gasteiger partial charge in [-0.2, -0.15) is 5.26 Å². The minimum Gasteiger partial charge on any atom is -0.496 e. The van der Waals surface area contributed by atoms with E-state index >= 15 is 0 Å². The molecule has 26 heavy (non-hydrogen) atoms. The fraction of sp³-hybridized carbons (Fsp3) is 0.400. The lowest BCUT2D eigenvalue weighted by atomic mass is 9.80. The predicted molar refractivity (Wildman–Crippen MR) is 97.1 cm³/mol. The van der Waals surface area contributed by atoms with Gasteiger partial charge in [0.15, 0.2) is 0 Å². The lowest BCUT2D eigenvalue weighted by molar-refractivity contribution is -0.139. The van der Waals surface area contributed by atoms with Crippen LogP contribution in [0.4, 0.5) is 0 Å². The average molecular weight is 356 g/mol. The van der Waals surface area contributed by atoms with Crippen LogP contribution in [-0.4, -0.2) is 19.7 Å². The second kappa shape index (κ2) is 7.96. The highest BCUT2D eigenvalue weighted by Gasteiger charge is 2.38. The Bertz CT molecular complexity index is 831. The molecule has 0 spiro atoms. The van der Waals surface area contributed by atoms with E-state index in [1.54, 1.807) is 14.0 Å². The number of methoxy groups -OCH3 is 1. The van der Waals surface area contributed by atoms with Gasteiger partial charge >= 0.3 is 5.97 Å². The minimum atomic E-state index is -0.632. The Morgan fingerprint density at radius 2 is 2.00 bits per heavy atom. The van der Waals surface area contributed by atoms with Gasteiger partial charge in [-0.15, -0.1) is 0 Å². The normalized spacial score (nSPS) is 16.8. The summed E-state index contributed by atoms with van der Waals surface area (Å²) in [4.78, 5) is 12.7. The number of rotatable bonds is 5. The molecule has 1 aliphatic rings. The molecule has 0 bridgehead atoms. The molecule has 1 atom stereocenters. The Morgan fingerprint density at radius 1 is 1.31 bits per heavy atom. The lowest BCUT2D eigenvalue weighted by Crippen LogP contribution is -2.26. The predicted octanol–water partition coefficient (Wildman–Crippen LogP) is 3.35. The lowest BCUT2D eigenvalue weighted by Gasteiger charge is -2.29. The Kier molecular flexibility index (Phi) is 5.93. The summed E-state index contributed by atoms with van der Waals surface area (Å²) in [5, 5.41) is 9.68. The summed E-state index contributed by atoms with van der Waals surface area (Å²) in [7, 11) is 1.60. The van der Waals surface area contributed by atoms with E-state index in [1.807, 2.05) is 32.9 Å². The zero-order valence-electron chi connectivity index (χ0n) is 15.8. The first kappa shape index (κ1) is 19.4. The summed E-state index contributed by atoms with van der Waals surface area (Å²) >= 11 is 0. The molecule has 2 rings (SSSR count). The number of hydrogen-bond donors (Lipinski definition) is 1. The zero-order chi connectivity index (χ0) is 19.4. The van der Waals surface area contributed by atoms with Crippen molar-refractivity contribution in [3.63, 3.8) is 0 Å². The van der Waals surface area contributed by atoms with E-state index in [2.05, 4.69) is 6.07 Å². The van der Waals surface area contributed by atoms with Crippen molar-refractivity contribution in [2.45, 2.75) is 40.0 Å². The van der Waals surface area contributed by atoms with Crippen molar-refractivity contribution in [3.05, 3.63) is 51.6 Å². The number of nitrogens with zero attached hydrogens (tertiary/aromatic N) is 1. The maximum Gasteiger partial charge on any atom is 0.338 e. The molecule has 0 unspecified atom stereocenters. The molecule has 0 aliphatic carbocycles. The molecule has 1 aliphatic heterocycles. The molecule has 1 aromatic carbocycles. The second-order valence-electron chi connectivity index (χ2n) is 5.94. The van der Waals surface area contributed by atoms with Crippen LogP contribution in [0.3, 0.4) is 0 Å². The van der Waals surface area contributed by atoms with Gasteiger partial charge in [0.05, 0.1) is 25.2 Å². The van der Waals surface area contributed by atoms with E-state index in [0.29, 0.717) is 17.8 Å². The topological polar surface area (TPSA) is 94.6 Å². The van der Waals surface area contributed by atoms with Crippen molar-refractivity contribution >= 4 is 5.97 Å². The average Bonchev–Trinajstić information content (AvgIpc) is 2.63. The highest BCUT2D eigenvalue weighted by atomic mass is 16.5. The molecule has 0 amide bonds. The summed E-state index contributed by atoms with van der Waals surface area (Å²) in [6.45, 7) is 7.70. The molecule has 2 N–H and O–H groups in total. The summed E-state index contributed by atoms with van der Waals surface area (Å²) in [6, 6.07) is 5.79. The van der Waals surface area contributed by atoms with Gasteiger partial charge in [0.1, 0.15) is 23.2 Å². The number of nitrogens with two attached hydrogens (primary N) is 1. The molecule has 1 heterocycles. The molecular formula is C20H24N2O4. The molecular weight excluding hydrogens is 332 g/mol. The fourth-order valence-electron chi connectivity index (χ4n) is 3.17. The Morgan fingerprint density at radius 3 is 2.54 bits per heavy atom. The Labute approximate surface area is 153 Å². The number of ether oxygens (including phenoxy) is 3. The summed E-state index contributed by atoms with van der Waals surface area (Å²) in [5.41, 5.74) is 9.19. The number of carbonyl (C=O) groups is 1. The highest BCUT2D eigenvalue weighted by Crippen LogP contribution is 2.43. The van der Waals surface area contributed by atoms with Crippen LogP contribution in [-0.2, 0) is 14.3 Å². The van der Waals surface area contributed by atoms with Crippen molar-refractivity contribution in [1.29, 1.82) is 5.26 Å². The molecule has 6 nitrogen and oxygen atoms in total. The van der Waals surface area contributed by atoms with Crippen molar-refractivity contribution in [3.8, 4) is 11.8 Å². The maximum atomic E-state index is 12.7. The van der Waals surface area contributed by atoms with Gasteiger partial charge in [0.2, 0.25) is 5.88 Å².